The number of fused-ring (bicyclic) bond motifs is 9. The number of rotatable bonds is 2. The molecule has 0 saturated carbocycles. The Balaban J connectivity index is 0.000000255. The minimum Gasteiger partial charge on any atom is -0.457 e. The van der Waals surface area contributed by atoms with Crippen molar-refractivity contribution in [3.8, 4) is 12.1 Å². The van der Waals surface area contributed by atoms with Gasteiger partial charge in [0.1, 0.15) is 29.6 Å². The molecule has 550 valence electrons. The minimum atomic E-state index is -3.22. The number of likely N-dealkylation sites (N-methyl/N-ethyl adjacent to an activating group) is 2. The molecule has 41 heteroatoms. The average molecular weight is 1640 g/mol. The second-order valence-electron chi connectivity index (χ2n) is 20.9. The number of nitrogen functional groups attached to an aromatic ring is 1. The summed E-state index contributed by atoms with van der Waals surface area (Å²) in [6, 6.07) is 29.6. The van der Waals surface area contributed by atoms with Gasteiger partial charge in [-0.25, -0.2) is 45.1 Å². The van der Waals surface area contributed by atoms with Crippen LogP contribution in [-0.2, 0) is 18.8 Å². The highest BCUT2D eigenvalue weighted by Crippen LogP contribution is 2.61. The Morgan fingerprint density at radius 3 is 1.50 bits per heavy atom. The lowest BCUT2D eigenvalue weighted by Crippen LogP contribution is -2.45. The Morgan fingerprint density at radius 1 is 0.631 bits per heavy atom. The van der Waals surface area contributed by atoms with Crippen LogP contribution in [0.25, 0.3) is 49.7 Å². The van der Waals surface area contributed by atoms with Crippen LogP contribution >= 0.6 is 120 Å². The highest BCUT2D eigenvalue weighted by molar-refractivity contribution is 8.24. The molecular formula is C62H69Cl10N22O8P. The highest BCUT2D eigenvalue weighted by atomic mass is 36.0. The molecule has 5 aromatic carbocycles. The Hall–Kier alpha value is -7.95. The van der Waals surface area contributed by atoms with E-state index in [4.69, 9.17) is 96.0 Å². The van der Waals surface area contributed by atoms with E-state index >= 15 is 0 Å². The number of hydrogen-bond acceptors (Lipinski definition) is 24. The van der Waals surface area contributed by atoms with Crippen LogP contribution in [0.2, 0.25) is 30.4 Å². The van der Waals surface area contributed by atoms with Gasteiger partial charge in [-0.05, 0) is 178 Å². The monoisotopic (exact) mass is 1630 g/mol. The number of methoxy groups -OCH3 is 2. The molecular weight excluding hydrogens is 1570 g/mol. The van der Waals surface area contributed by atoms with E-state index in [9.17, 15) is 23.7 Å². The third kappa shape index (κ3) is 29.3. The summed E-state index contributed by atoms with van der Waals surface area (Å²) < 4.78 is 22.4. The summed E-state index contributed by atoms with van der Waals surface area (Å²) in [5.41, 5.74) is 12.2. The Labute approximate surface area is 639 Å². The van der Waals surface area contributed by atoms with Gasteiger partial charge < -0.3 is 45.3 Å². The smallest absolute Gasteiger partial charge is 0.411 e. The number of nitrogens with zero attached hydrogens (tertiary/aromatic N) is 16. The zero-order valence-electron chi connectivity index (χ0n) is 56.4. The molecule has 2 aliphatic rings. The van der Waals surface area contributed by atoms with E-state index < -0.39 is 16.7 Å². The molecule has 0 atom stereocenters. The summed E-state index contributed by atoms with van der Waals surface area (Å²) in [6.07, 6.45) is -0.621. The Morgan fingerprint density at radius 2 is 1.04 bits per heavy atom. The second kappa shape index (κ2) is 43.4. The third-order valence-corrected chi connectivity index (χ3v) is 14.7. The first-order valence-corrected chi connectivity index (χ1v) is 36.9. The minimum absolute atomic E-state index is 0.218. The van der Waals surface area contributed by atoms with Crippen molar-refractivity contribution in [2.45, 2.75) is 34.6 Å². The fourth-order valence-corrected chi connectivity index (χ4v) is 9.59. The SMILES string of the molecule is CC(=O)NN.CCO.CN1CCNCC1.COC(=O)Cl.COC(=O)Nc1ccc(Cl)cc1C#N.Cc1nc2c3cc(Cl)ccc3[nH]c(=O)n2n1.Cc1nc2c3cc(Cl)ccc3nc(Cl)n2n1.Cc1nc2c3cc(Cl)ccc3nc(N3CCN(C)CC3)n2n1.N#Cc1cc(Cl)ccc1N.O=P(Cl)(Cl)Cl. The van der Waals surface area contributed by atoms with Crippen LogP contribution in [-0.4, -0.2) is 178 Å². The Kier molecular flexibility index (Phi) is 36.8. The molecule has 2 fully saturated rings. The molecule has 0 unspecified atom stereocenters. The third-order valence-electron chi connectivity index (χ3n) is 13.1. The van der Waals surface area contributed by atoms with Crippen molar-refractivity contribution >= 4 is 205 Å². The van der Waals surface area contributed by atoms with Gasteiger partial charge in [-0.15, -0.1) is 15.3 Å². The number of piperazine rings is 2. The van der Waals surface area contributed by atoms with E-state index in [1.54, 1.807) is 63.2 Å². The molecule has 30 nitrogen and oxygen atoms in total. The number of anilines is 3. The molecule has 13 rings (SSSR count). The lowest BCUT2D eigenvalue weighted by molar-refractivity contribution is -0.119. The van der Waals surface area contributed by atoms with Crippen molar-refractivity contribution in [2.75, 3.05) is 103 Å². The number of halogens is 10. The predicted molar refractivity (Wildman–Crippen MR) is 409 cm³/mol. The van der Waals surface area contributed by atoms with E-state index in [-0.39, 0.29) is 18.2 Å². The zero-order chi connectivity index (χ0) is 76.8. The molecule has 2 saturated heterocycles. The predicted octanol–water partition coefficient (Wildman–Crippen LogP) is 12.9. The number of nitrogens with one attached hydrogen (secondary N) is 4. The molecule has 2 aliphatic heterocycles. The first-order valence-electron chi connectivity index (χ1n) is 29.9. The lowest BCUT2D eigenvalue weighted by Gasteiger charge is -2.33. The number of aliphatic hydroxyl groups excluding tert-OH is 1. The number of aromatic amines is 1. The number of aromatic nitrogens is 12. The quantitative estimate of drug-likeness (QED) is 0.0161. The van der Waals surface area contributed by atoms with Gasteiger partial charge in [0, 0.05) is 124 Å². The van der Waals surface area contributed by atoms with Gasteiger partial charge in [0.2, 0.25) is 17.1 Å². The number of H-pyrrole nitrogens is 1. The number of amides is 2. The first-order chi connectivity index (χ1) is 48.7. The van der Waals surface area contributed by atoms with Crippen molar-refractivity contribution in [3.05, 3.63) is 160 Å². The van der Waals surface area contributed by atoms with Crippen LogP contribution in [0.5, 0.6) is 0 Å². The summed E-state index contributed by atoms with van der Waals surface area (Å²) >= 11 is 53.7. The number of nitrogens with two attached hydrogens (primary N) is 2. The number of carbonyl (C=O) groups is 3. The number of ether oxygens (including phenoxy) is 2. The first kappa shape index (κ1) is 87.5. The molecule has 11 aromatic rings. The zero-order valence-corrected chi connectivity index (χ0v) is 64.8. The van der Waals surface area contributed by atoms with Crippen LogP contribution < -0.4 is 38.2 Å². The highest BCUT2D eigenvalue weighted by Gasteiger charge is 2.22. The van der Waals surface area contributed by atoms with Crippen LogP contribution in [0, 0.1) is 43.4 Å². The summed E-state index contributed by atoms with van der Waals surface area (Å²) in [6.45, 7) is 17.4. The second-order valence-corrected chi connectivity index (χ2v) is 30.3. The lowest BCUT2D eigenvalue weighted by atomic mass is 10.2. The molecule has 9 N–H and O–H groups in total. The molecule has 0 spiro atoms. The number of hydrogen-bond donors (Lipinski definition) is 7. The number of hydrazine groups is 1. The van der Waals surface area contributed by atoms with Gasteiger partial charge in [0.05, 0.1) is 47.6 Å². The van der Waals surface area contributed by atoms with Crippen LogP contribution in [0.3, 0.4) is 0 Å². The molecule has 103 heavy (non-hydrogen) atoms. The van der Waals surface area contributed by atoms with E-state index in [1.807, 2.05) is 59.3 Å². The van der Waals surface area contributed by atoms with Crippen molar-refractivity contribution < 1.29 is 33.5 Å². The normalized spacial score (nSPS) is 12.3. The van der Waals surface area contributed by atoms with Crippen molar-refractivity contribution in [2.24, 2.45) is 5.84 Å². The van der Waals surface area contributed by atoms with Crippen LogP contribution in [0.1, 0.15) is 42.4 Å². The molecule has 6 aromatic heterocycles. The van der Waals surface area contributed by atoms with Gasteiger partial charge in [0.15, 0.2) is 16.9 Å². The van der Waals surface area contributed by atoms with Gasteiger partial charge in [-0.1, -0.05) is 58.0 Å². The maximum absolute atomic E-state index is 11.7. The molecule has 8 heterocycles. The topological polar surface area (TPSA) is 402 Å². The van der Waals surface area contributed by atoms with E-state index in [1.165, 1.54) is 61.5 Å². The number of benzene rings is 5. The van der Waals surface area contributed by atoms with E-state index in [0.717, 1.165) is 83.9 Å². The van der Waals surface area contributed by atoms with Gasteiger partial charge in [-0.3, -0.25) is 20.1 Å². The molecule has 2 amide bonds. The molecule has 0 radical (unpaired) electrons. The fourth-order valence-electron chi connectivity index (χ4n) is 8.52. The summed E-state index contributed by atoms with van der Waals surface area (Å²) in [5.74, 6) is 7.16. The number of aryl methyl sites for hydroxylation is 3. The molecule has 0 aliphatic carbocycles. The molecule has 0 bridgehead atoms. The van der Waals surface area contributed by atoms with Gasteiger partial charge in [-0.2, -0.15) is 24.1 Å². The number of aliphatic hydroxyl groups is 1. The summed E-state index contributed by atoms with van der Waals surface area (Å²) in [4.78, 5) is 73.2. The van der Waals surface area contributed by atoms with Crippen molar-refractivity contribution in [3.63, 3.8) is 0 Å². The van der Waals surface area contributed by atoms with Crippen LogP contribution in [0.15, 0.2) is 95.8 Å². The van der Waals surface area contributed by atoms with Crippen molar-refractivity contribution in [1.82, 2.24) is 79.3 Å². The number of carbonyl (C=O) groups excluding carboxylic acids is 3. The Bertz CT molecular complexity index is 4860. The van der Waals surface area contributed by atoms with Gasteiger partial charge in [0.25, 0.3) is 0 Å². The van der Waals surface area contributed by atoms with E-state index in [0.29, 0.717) is 81.4 Å². The van der Waals surface area contributed by atoms with E-state index in [2.05, 4.69) is 140 Å². The number of nitriles is 2. The maximum Gasteiger partial charge on any atom is 0.411 e. The average Bonchev–Trinajstić information content (AvgIpc) is 1.69. The summed E-state index contributed by atoms with van der Waals surface area (Å²) in [5, 5.41) is 45.7. The van der Waals surface area contributed by atoms with Gasteiger partial charge >= 0.3 is 22.4 Å². The fraction of sp³-hybridized carbons (Fsp3) is 0.290. The van der Waals surface area contributed by atoms with Crippen molar-refractivity contribution in [1.29, 1.82) is 10.5 Å². The summed E-state index contributed by atoms with van der Waals surface area (Å²) in [7, 11) is 6.76. The standard InChI is InChI=1S/C15H17ClN6.C10H6Cl2N4.C10H7ClN4O.C9H7ClN2O2.C7H5ClN2.C5H12N2.C2H3ClO2.C2H6N2O.C2H6O.Cl3OP/c1-10-17-14-12-9-11(16)3-4-13(12)18-15(22(14)19-10)21-7-5-20(2)6-8-21;1-5-13-9-7-4-6(11)2-3-8(7)14-10(12)16(9)15-5;1-5-12-9-7-4-6(11)2-3-8(7)13-10(16)15(9)14-5;1-14-9(13)12-8-3-2-7(10)4-6(8)5-11;8-6-1-2-7(10)5(3-6)4-9;1-7-4-2-6-3-5-7;1-5-2(3)4;1-2(5)4-3;1-2-3;1-5(2,3)4/h3-4,9H,5-8H2,1-2H3;2-4H,1H3;2-4H,1H3,(H,13,16);2-4H,1H3,(H,12,13);1-3H,10H2;6H,2-5H2,1H3;1H3;3H2,1H3,(H,4,5);3H,2H2,1H3;. The largest absolute Gasteiger partial charge is 0.457 e. The van der Waals surface area contributed by atoms with Crippen LogP contribution in [0.4, 0.5) is 26.9 Å². The maximum atomic E-state index is 11.7.